The molecule has 0 saturated heterocycles. The van der Waals surface area contributed by atoms with E-state index in [0.717, 1.165) is 18.2 Å². The van der Waals surface area contributed by atoms with Crippen molar-refractivity contribution in [1.82, 2.24) is 4.57 Å². The number of hydrogen-bond donors (Lipinski definition) is 1. The van der Waals surface area contributed by atoms with Gasteiger partial charge in [0.05, 0.1) is 6.42 Å². The summed E-state index contributed by atoms with van der Waals surface area (Å²) in [5.41, 5.74) is 1.01. The highest BCUT2D eigenvalue weighted by Crippen LogP contribution is 2.14. The number of carbonyl (C=O) groups excluding carboxylic acids is 1. The van der Waals surface area contributed by atoms with E-state index in [9.17, 15) is 14.0 Å². The molecule has 0 unspecified atom stereocenters. The molecule has 0 aliphatic heterocycles. The summed E-state index contributed by atoms with van der Waals surface area (Å²) in [4.78, 5) is 24.2. The molecule has 1 heterocycles. The predicted molar refractivity (Wildman–Crippen MR) is 99.1 cm³/mol. The van der Waals surface area contributed by atoms with Crippen LogP contribution in [-0.4, -0.2) is 22.7 Å². The van der Waals surface area contributed by atoms with Crippen molar-refractivity contribution in [2.45, 2.75) is 25.8 Å². The Bertz CT molecular complexity index is 764. The van der Waals surface area contributed by atoms with Crippen LogP contribution in [0.2, 0.25) is 0 Å². The number of alkyl halides is 2. The Morgan fingerprint density at radius 1 is 1.24 bits per heavy atom. The summed E-state index contributed by atoms with van der Waals surface area (Å²) < 4.78 is 18.6. The second-order valence-corrected chi connectivity index (χ2v) is 6.26. The van der Waals surface area contributed by atoms with E-state index < -0.39 is 6.86 Å². The highest BCUT2D eigenvalue weighted by molar-refractivity contribution is 9.09. The second kappa shape index (κ2) is 9.98. The van der Waals surface area contributed by atoms with Gasteiger partial charge in [0.25, 0.3) is 5.56 Å². The number of aromatic nitrogens is 1. The lowest BCUT2D eigenvalue weighted by molar-refractivity contribution is -0.115. The Balaban J connectivity index is 1.95. The molecule has 2 aromatic rings. The Labute approximate surface area is 153 Å². The standard InChI is InChI=1S/C18H20BrFN2O3/c19-7-1-2-8-22-9-6-15(12-18(22)24)21-17(23)11-14-4-3-5-16(10-14)25-13-20/h3-6,9-10,12H,1-2,7-8,11,13H2,(H,21,23). The third-order valence-electron chi connectivity index (χ3n) is 3.55. The zero-order valence-electron chi connectivity index (χ0n) is 13.7. The zero-order chi connectivity index (χ0) is 18.1. The first kappa shape index (κ1) is 19.2. The molecule has 2 rings (SSSR count). The van der Waals surface area contributed by atoms with Crippen LogP contribution in [0.5, 0.6) is 5.75 Å². The van der Waals surface area contributed by atoms with E-state index in [1.54, 1.807) is 41.1 Å². The number of unbranched alkanes of at least 4 members (excludes halogenated alkanes) is 1. The van der Waals surface area contributed by atoms with Crippen molar-refractivity contribution >= 4 is 27.5 Å². The van der Waals surface area contributed by atoms with Gasteiger partial charge in [-0.05, 0) is 36.6 Å². The molecule has 0 aliphatic rings. The predicted octanol–water partition coefficient (Wildman–Crippen LogP) is 3.51. The van der Waals surface area contributed by atoms with Gasteiger partial charge in [0.2, 0.25) is 12.8 Å². The fourth-order valence-corrected chi connectivity index (χ4v) is 2.74. The van der Waals surface area contributed by atoms with Crippen LogP contribution in [0, 0.1) is 0 Å². The fourth-order valence-electron chi connectivity index (χ4n) is 2.35. The van der Waals surface area contributed by atoms with Gasteiger partial charge in [0, 0.05) is 29.8 Å². The molecular formula is C18H20BrFN2O3. The number of aryl methyl sites for hydroxylation is 1. The maximum Gasteiger partial charge on any atom is 0.252 e. The van der Waals surface area contributed by atoms with Gasteiger partial charge in [-0.2, -0.15) is 0 Å². The minimum Gasteiger partial charge on any atom is -0.463 e. The van der Waals surface area contributed by atoms with Crippen LogP contribution in [0.3, 0.4) is 0 Å². The largest absolute Gasteiger partial charge is 0.463 e. The Hall–Kier alpha value is -2.15. The Morgan fingerprint density at radius 2 is 2.08 bits per heavy atom. The maximum absolute atomic E-state index is 12.2. The van der Waals surface area contributed by atoms with Gasteiger partial charge >= 0.3 is 0 Å². The van der Waals surface area contributed by atoms with Crippen LogP contribution >= 0.6 is 15.9 Å². The van der Waals surface area contributed by atoms with Gasteiger partial charge in [-0.3, -0.25) is 9.59 Å². The smallest absolute Gasteiger partial charge is 0.252 e. The quantitative estimate of drug-likeness (QED) is 0.508. The van der Waals surface area contributed by atoms with Gasteiger partial charge < -0.3 is 14.6 Å². The first-order valence-corrected chi connectivity index (χ1v) is 9.08. The molecule has 0 spiro atoms. The summed E-state index contributed by atoms with van der Waals surface area (Å²) in [5.74, 6) is 0.118. The molecule has 25 heavy (non-hydrogen) atoms. The minimum absolute atomic E-state index is 0.109. The highest BCUT2D eigenvalue weighted by atomic mass is 79.9. The minimum atomic E-state index is -0.915. The van der Waals surface area contributed by atoms with Crippen molar-refractivity contribution in [2.75, 3.05) is 17.5 Å². The lowest BCUT2D eigenvalue weighted by atomic mass is 10.1. The number of ether oxygens (including phenoxy) is 1. The van der Waals surface area contributed by atoms with Gasteiger partial charge in [-0.15, -0.1) is 0 Å². The summed E-state index contributed by atoms with van der Waals surface area (Å²) in [6.07, 6.45) is 3.70. The van der Waals surface area contributed by atoms with Gasteiger partial charge in [-0.1, -0.05) is 28.1 Å². The van der Waals surface area contributed by atoms with E-state index >= 15 is 0 Å². The van der Waals surface area contributed by atoms with Crippen LogP contribution < -0.4 is 15.6 Å². The fraction of sp³-hybridized carbons (Fsp3) is 0.333. The molecule has 5 nitrogen and oxygen atoms in total. The van der Waals surface area contributed by atoms with E-state index in [0.29, 0.717) is 23.5 Å². The zero-order valence-corrected chi connectivity index (χ0v) is 15.3. The summed E-state index contributed by atoms with van der Waals surface area (Å²) in [5, 5.41) is 3.61. The second-order valence-electron chi connectivity index (χ2n) is 5.47. The molecule has 134 valence electrons. The molecule has 7 heteroatoms. The SMILES string of the molecule is O=C(Cc1cccc(OCF)c1)Nc1ccn(CCCCBr)c(=O)c1. The van der Waals surface area contributed by atoms with Crippen molar-refractivity contribution in [3.05, 3.63) is 58.5 Å². The van der Waals surface area contributed by atoms with Gasteiger partial charge in [0.1, 0.15) is 5.75 Å². The number of rotatable bonds is 9. The van der Waals surface area contributed by atoms with Crippen LogP contribution in [0.4, 0.5) is 10.1 Å². The first-order valence-electron chi connectivity index (χ1n) is 7.96. The normalized spacial score (nSPS) is 10.5. The Morgan fingerprint density at radius 3 is 2.80 bits per heavy atom. The molecule has 1 N–H and O–H groups in total. The molecule has 0 fully saturated rings. The number of pyridine rings is 1. The van der Waals surface area contributed by atoms with Crippen molar-refractivity contribution in [3.63, 3.8) is 0 Å². The van der Waals surface area contributed by atoms with Crippen molar-refractivity contribution in [3.8, 4) is 5.75 Å². The number of carbonyl (C=O) groups is 1. The lowest BCUT2D eigenvalue weighted by Gasteiger charge is -2.09. The van der Waals surface area contributed by atoms with E-state index in [-0.39, 0.29) is 17.9 Å². The van der Waals surface area contributed by atoms with E-state index in [4.69, 9.17) is 4.74 Å². The average Bonchev–Trinajstić information content (AvgIpc) is 2.57. The highest BCUT2D eigenvalue weighted by Gasteiger charge is 2.07. The first-order chi connectivity index (χ1) is 12.1. The number of anilines is 1. The van der Waals surface area contributed by atoms with Crippen LogP contribution in [0.25, 0.3) is 0 Å². The molecule has 1 aromatic carbocycles. The summed E-state index contributed by atoms with van der Waals surface area (Å²) in [6, 6.07) is 9.80. The van der Waals surface area contributed by atoms with Crippen LogP contribution in [-0.2, 0) is 17.8 Å². The van der Waals surface area contributed by atoms with E-state index in [1.165, 1.54) is 6.07 Å². The molecule has 0 radical (unpaired) electrons. The maximum atomic E-state index is 12.2. The topological polar surface area (TPSA) is 60.3 Å². The number of nitrogens with one attached hydrogen (secondary N) is 1. The molecule has 1 aromatic heterocycles. The summed E-state index contributed by atoms with van der Waals surface area (Å²) in [7, 11) is 0. The van der Waals surface area contributed by atoms with Gasteiger partial charge in [0.15, 0.2) is 0 Å². The third-order valence-corrected chi connectivity index (χ3v) is 4.11. The number of halogens is 2. The third kappa shape index (κ3) is 6.34. The summed E-state index contributed by atoms with van der Waals surface area (Å²) >= 11 is 3.36. The van der Waals surface area contributed by atoms with E-state index in [2.05, 4.69) is 21.2 Å². The number of benzene rings is 1. The number of nitrogens with zero attached hydrogens (tertiary/aromatic N) is 1. The number of amides is 1. The van der Waals surface area contributed by atoms with Crippen LogP contribution in [0.1, 0.15) is 18.4 Å². The monoisotopic (exact) mass is 410 g/mol. The van der Waals surface area contributed by atoms with Crippen molar-refractivity contribution < 1.29 is 13.9 Å². The molecule has 0 aliphatic carbocycles. The molecule has 0 saturated carbocycles. The molecule has 0 bridgehead atoms. The summed E-state index contributed by atoms with van der Waals surface area (Å²) in [6.45, 7) is -0.262. The van der Waals surface area contributed by atoms with E-state index in [1.807, 2.05) is 0 Å². The van der Waals surface area contributed by atoms with Crippen LogP contribution in [0.15, 0.2) is 47.4 Å². The Kier molecular flexibility index (Phi) is 7.66. The molecular weight excluding hydrogens is 391 g/mol. The number of hydrogen-bond acceptors (Lipinski definition) is 3. The molecule has 1 amide bonds. The van der Waals surface area contributed by atoms with Gasteiger partial charge in [-0.25, -0.2) is 4.39 Å². The lowest BCUT2D eigenvalue weighted by Crippen LogP contribution is -2.21. The molecule has 0 atom stereocenters. The average molecular weight is 411 g/mol. The van der Waals surface area contributed by atoms with Crippen molar-refractivity contribution in [2.24, 2.45) is 0 Å². The van der Waals surface area contributed by atoms with Crippen molar-refractivity contribution in [1.29, 1.82) is 0 Å².